The molecule has 1 N–H and O–H groups in total. The van der Waals surface area contributed by atoms with E-state index < -0.39 is 12.0 Å². The van der Waals surface area contributed by atoms with Crippen molar-refractivity contribution >= 4 is 12.0 Å². The minimum Gasteiger partial charge on any atom is -0.480 e. The quantitative estimate of drug-likeness (QED) is 0.866. The van der Waals surface area contributed by atoms with Gasteiger partial charge in [-0.1, -0.05) is 0 Å². The summed E-state index contributed by atoms with van der Waals surface area (Å²) < 4.78 is 0. The largest absolute Gasteiger partial charge is 0.480 e. The van der Waals surface area contributed by atoms with Gasteiger partial charge in [-0.25, -0.2) is 9.59 Å². The third-order valence-corrected chi connectivity index (χ3v) is 3.30. The molecule has 2 unspecified atom stereocenters. The molecule has 0 saturated carbocycles. The Morgan fingerprint density at radius 1 is 1.50 bits per heavy atom. The van der Waals surface area contributed by atoms with Crippen LogP contribution in [0.1, 0.15) is 18.5 Å². The van der Waals surface area contributed by atoms with Gasteiger partial charge >= 0.3 is 12.0 Å². The highest BCUT2D eigenvalue weighted by Crippen LogP contribution is 2.28. The first-order chi connectivity index (χ1) is 8.52. The fourth-order valence-corrected chi connectivity index (χ4v) is 2.09. The molecule has 1 fully saturated rings. The third-order valence-electron chi connectivity index (χ3n) is 3.30. The SMILES string of the molecule is CC(C(=O)O)N1CC(c2ccncc2)N(C)C1=O. The summed E-state index contributed by atoms with van der Waals surface area (Å²) in [7, 11) is 1.68. The van der Waals surface area contributed by atoms with E-state index in [-0.39, 0.29) is 12.1 Å². The van der Waals surface area contributed by atoms with E-state index in [4.69, 9.17) is 5.11 Å². The van der Waals surface area contributed by atoms with Crippen molar-refractivity contribution in [2.45, 2.75) is 19.0 Å². The number of rotatable bonds is 3. The summed E-state index contributed by atoms with van der Waals surface area (Å²) in [6, 6.07) is 2.48. The first kappa shape index (κ1) is 12.3. The van der Waals surface area contributed by atoms with E-state index in [2.05, 4.69) is 4.98 Å². The zero-order valence-corrected chi connectivity index (χ0v) is 10.3. The highest BCUT2D eigenvalue weighted by atomic mass is 16.4. The van der Waals surface area contributed by atoms with Gasteiger partial charge in [0.2, 0.25) is 0 Å². The standard InChI is InChI=1S/C12H15N3O3/c1-8(11(16)17)15-7-10(14(2)12(15)18)9-3-5-13-6-4-9/h3-6,8,10H,7H2,1-2H3,(H,16,17). The first-order valence-corrected chi connectivity index (χ1v) is 5.68. The third kappa shape index (κ3) is 2.01. The van der Waals surface area contributed by atoms with Crippen molar-refractivity contribution in [2.75, 3.05) is 13.6 Å². The second-order valence-corrected chi connectivity index (χ2v) is 4.36. The zero-order valence-electron chi connectivity index (χ0n) is 10.3. The Morgan fingerprint density at radius 2 is 2.11 bits per heavy atom. The molecule has 1 aromatic heterocycles. The van der Waals surface area contributed by atoms with Crippen LogP contribution < -0.4 is 0 Å². The van der Waals surface area contributed by atoms with E-state index >= 15 is 0 Å². The van der Waals surface area contributed by atoms with Gasteiger partial charge in [-0.2, -0.15) is 0 Å². The van der Waals surface area contributed by atoms with Gasteiger partial charge in [-0.3, -0.25) is 4.98 Å². The number of aliphatic carboxylic acids is 1. The summed E-state index contributed by atoms with van der Waals surface area (Å²) in [5.41, 5.74) is 0.959. The number of hydrogen-bond acceptors (Lipinski definition) is 3. The van der Waals surface area contributed by atoms with Crippen molar-refractivity contribution in [1.82, 2.24) is 14.8 Å². The van der Waals surface area contributed by atoms with Crippen LogP contribution in [0.4, 0.5) is 4.79 Å². The van der Waals surface area contributed by atoms with E-state index in [1.165, 1.54) is 11.8 Å². The molecule has 96 valence electrons. The Balaban J connectivity index is 2.22. The lowest BCUT2D eigenvalue weighted by Crippen LogP contribution is -2.41. The highest BCUT2D eigenvalue weighted by molar-refractivity contribution is 5.84. The fraction of sp³-hybridized carbons (Fsp3) is 0.417. The van der Waals surface area contributed by atoms with Crippen LogP contribution in [0.2, 0.25) is 0 Å². The number of carboxylic acids is 1. The van der Waals surface area contributed by atoms with E-state index in [0.29, 0.717) is 6.54 Å². The second kappa shape index (κ2) is 4.64. The molecule has 2 atom stereocenters. The van der Waals surface area contributed by atoms with Crippen molar-refractivity contribution < 1.29 is 14.7 Å². The zero-order chi connectivity index (χ0) is 13.3. The summed E-state index contributed by atoms with van der Waals surface area (Å²) in [6.45, 7) is 1.90. The molecule has 1 aromatic rings. The molecule has 1 aliphatic heterocycles. The van der Waals surface area contributed by atoms with Crippen molar-refractivity contribution in [3.63, 3.8) is 0 Å². The number of urea groups is 1. The number of pyridine rings is 1. The Kier molecular flexibility index (Phi) is 3.18. The average Bonchev–Trinajstić information content (AvgIpc) is 2.67. The lowest BCUT2D eigenvalue weighted by molar-refractivity contribution is -0.141. The minimum atomic E-state index is -0.993. The van der Waals surface area contributed by atoms with Gasteiger partial charge in [0, 0.05) is 26.0 Å². The highest BCUT2D eigenvalue weighted by Gasteiger charge is 2.39. The molecule has 2 heterocycles. The van der Waals surface area contributed by atoms with Crippen molar-refractivity contribution in [3.8, 4) is 0 Å². The monoisotopic (exact) mass is 249 g/mol. The Bertz CT molecular complexity index is 463. The summed E-state index contributed by atoms with van der Waals surface area (Å²) in [4.78, 5) is 29.8. The molecule has 0 spiro atoms. The molecule has 1 aliphatic rings. The Hall–Kier alpha value is -2.11. The predicted molar refractivity (Wildman–Crippen MR) is 63.9 cm³/mol. The van der Waals surface area contributed by atoms with Crippen LogP contribution in [0.15, 0.2) is 24.5 Å². The maximum atomic E-state index is 12.0. The average molecular weight is 249 g/mol. The van der Waals surface area contributed by atoms with Gasteiger partial charge in [-0.15, -0.1) is 0 Å². The maximum absolute atomic E-state index is 12.0. The number of carboxylic acid groups (broad SMARTS) is 1. The molecule has 0 bridgehead atoms. The maximum Gasteiger partial charge on any atom is 0.326 e. The van der Waals surface area contributed by atoms with Crippen LogP contribution in [-0.2, 0) is 4.79 Å². The molecule has 2 rings (SSSR count). The second-order valence-electron chi connectivity index (χ2n) is 4.36. The van der Waals surface area contributed by atoms with E-state index in [1.54, 1.807) is 24.3 Å². The molecule has 0 aromatic carbocycles. The van der Waals surface area contributed by atoms with Crippen LogP contribution in [0.25, 0.3) is 0 Å². The number of carbonyl (C=O) groups is 2. The topological polar surface area (TPSA) is 73.7 Å². The van der Waals surface area contributed by atoms with Gasteiger partial charge < -0.3 is 14.9 Å². The summed E-state index contributed by atoms with van der Waals surface area (Å²) in [5, 5.41) is 8.98. The Labute approximate surface area is 105 Å². The van der Waals surface area contributed by atoms with Gasteiger partial charge in [0.05, 0.1) is 6.04 Å². The van der Waals surface area contributed by atoms with Crippen LogP contribution >= 0.6 is 0 Å². The van der Waals surface area contributed by atoms with Crippen molar-refractivity contribution in [1.29, 1.82) is 0 Å². The number of likely N-dealkylation sites (N-methyl/N-ethyl adjacent to an activating group) is 1. The number of carbonyl (C=O) groups excluding carboxylic acids is 1. The molecule has 18 heavy (non-hydrogen) atoms. The smallest absolute Gasteiger partial charge is 0.326 e. The normalized spacial score (nSPS) is 21.2. The molecule has 0 aliphatic carbocycles. The van der Waals surface area contributed by atoms with Crippen molar-refractivity contribution in [3.05, 3.63) is 30.1 Å². The molecule has 2 amide bonds. The van der Waals surface area contributed by atoms with Gasteiger partial charge in [0.1, 0.15) is 6.04 Å². The van der Waals surface area contributed by atoms with E-state index in [1.807, 2.05) is 12.1 Å². The summed E-state index contributed by atoms with van der Waals surface area (Å²) in [6.07, 6.45) is 3.33. The number of amides is 2. The van der Waals surface area contributed by atoms with Crippen molar-refractivity contribution in [2.24, 2.45) is 0 Å². The first-order valence-electron chi connectivity index (χ1n) is 5.68. The van der Waals surface area contributed by atoms with Crippen LogP contribution in [0, 0.1) is 0 Å². The molecule has 1 saturated heterocycles. The van der Waals surface area contributed by atoms with Crippen LogP contribution in [0.3, 0.4) is 0 Å². The number of nitrogens with zero attached hydrogens (tertiary/aromatic N) is 3. The van der Waals surface area contributed by atoms with E-state index in [0.717, 1.165) is 5.56 Å². The van der Waals surface area contributed by atoms with Crippen LogP contribution in [0.5, 0.6) is 0 Å². The van der Waals surface area contributed by atoms with Gasteiger partial charge in [0.15, 0.2) is 0 Å². The van der Waals surface area contributed by atoms with E-state index in [9.17, 15) is 9.59 Å². The molecular weight excluding hydrogens is 234 g/mol. The summed E-state index contributed by atoms with van der Waals surface area (Å²) in [5.74, 6) is -0.993. The van der Waals surface area contributed by atoms with Gasteiger partial charge in [0.25, 0.3) is 0 Å². The summed E-state index contributed by atoms with van der Waals surface area (Å²) >= 11 is 0. The fourth-order valence-electron chi connectivity index (χ4n) is 2.09. The number of aromatic nitrogens is 1. The number of hydrogen-bond donors (Lipinski definition) is 1. The molecular formula is C12H15N3O3. The minimum absolute atomic E-state index is 0.123. The molecule has 6 nitrogen and oxygen atoms in total. The molecule has 0 radical (unpaired) electrons. The lowest BCUT2D eigenvalue weighted by Gasteiger charge is -2.19. The van der Waals surface area contributed by atoms with Gasteiger partial charge in [-0.05, 0) is 24.6 Å². The van der Waals surface area contributed by atoms with Crippen LogP contribution in [-0.4, -0.2) is 51.5 Å². The predicted octanol–water partition coefficient (Wildman–Crippen LogP) is 0.963. The Morgan fingerprint density at radius 3 is 2.67 bits per heavy atom. The molecule has 6 heteroatoms. The lowest BCUT2D eigenvalue weighted by atomic mass is 10.1.